The van der Waals surface area contributed by atoms with Crippen LogP contribution in [0.2, 0.25) is 10.0 Å². The van der Waals surface area contributed by atoms with Crippen LogP contribution in [0.3, 0.4) is 0 Å². The van der Waals surface area contributed by atoms with Gasteiger partial charge < -0.3 is 5.11 Å². The first kappa shape index (κ1) is 28.2. The van der Waals surface area contributed by atoms with Crippen molar-refractivity contribution >= 4 is 28.8 Å². The maximum atomic E-state index is 13.5. The molecule has 192 valence electrons. The van der Waals surface area contributed by atoms with Gasteiger partial charge in [0.05, 0.1) is 15.6 Å². The fraction of sp³-hybridized carbons (Fsp3) is 0.533. The van der Waals surface area contributed by atoms with Crippen LogP contribution < -0.4 is 0 Å². The number of hydrogen-bond acceptors (Lipinski definition) is 1. The summed E-state index contributed by atoms with van der Waals surface area (Å²) in [7, 11) is 0. The number of rotatable bonds is 6. The zero-order valence-corrected chi connectivity index (χ0v) is 22.4. The zero-order valence-electron chi connectivity index (χ0n) is 20.9. The maximum absolute atomic E-state index is 13.5. The molecular weight excluding hydrogens is 485 g/mol. The molecule has 0 aromatic heterocycles. The van der Waals surface area contributed by atoms with Crippen LogP contribution in [0.4, 0.5) is 8.78 Å². The fourth-order valence-corrected chi connectivity index (χ4v) is 5.68. The lowest BCUT2D eigenvalue weighted by atomic mass is 9.74. The Kier molecular flexibility index (Phi) is 10.6. The lowest BCUT2D eigenvalue weighted by molar-refractivity contribution is -0.0154. The molecule has 0 radical (unpaired) electrons. The molecule has 1 fully saturated rings. The van der Waals surface area contributed by atoms with Gasteiger partial charge in [-0.25, -0.2) is 8.78 Å². The summed E-state index contributed by atoms with van der Waals surface area (Å²) in [5.74, 6) is 0.771. The molecule has 2 aliphatic carbocycles. The normalized spacial score (nSPS) is 24.4. The Morgan fingerprint density at radius 3 is 2.00 bits per heavy atom. The lowest BCUT2D eigenvalue weighted by Crippen LogP contribution is -2.31. The van der Waals surface area contributed by atoms with E-state index in [4.69, 9.17) is 23.2 Å². The molecule has 35 heavy (non-hydrogen) atoms. The van der Waals surface area contributed by atoms with Crippen molar-refractivity contribution in [2.45, 2.75) is 90.1 Å². The second-order valence-electron chi connectivity index (χ2n) is 10.2. The van der Waals surface area contributed by atoms with Gasteiger partial charge in [-0.1, -0.05) is 80.9 Å². The van der Waals surface area contributed by atoms with Crippen LogP contribution in [0, 0.1) is 23.5 Å². The molecule has 0 amide bonds. The summed E-state index contributed by atoms with van der Waals surface area (Å²) in [5, 5.41) is 10.9. The highest BCUT2D eigenvalue weighted by Crippen LogP contribution is 2.41. The van der Waals surface area contributed by atoms with Crippen LogP contribution in [0.1, 0.15) is 95.6 Å². The minimum absolute atomic E-state index is 0.113. The van der Waals surface area contributed by atoms with E-state index in [1.165, 1.54) is 49.8 Å². The number of halogens is 4. The minimum atomic E-state index is -0.865. The molecule has 1 N–H and O–H groups in total. The highest BCUT2D eigenvalue weighted by molar-refractivity contribution is 6.31. The van der Waals surface area contributed by atoms with Crippen LogP contribution in [-0.4, -0.2) is 5.11 Å². The van der Waals surface area contributed by atoms with Gasteiger partial charge >= 0.3 is 0 Å². The standard InChI is InChI=1S/C15H20ClFO.C15H18ClF/c1-2-3-11-6-8-15(18,9-7-11)12-4-5-13(16)14(17)10-12;1-2-3-11-4-6-12(7-5-11)13-8-9-14(16)15(17)10-13/h4-5,10-11,18H,2-3,6-9H2,1H3;6,8-11H,2-5,7H2,1H3. The quantitative estimate of drug-likeness (QED) is 0.399. The van der Waals surface area contributed by atoms with E-state index in [0.717, 1.165) is 50.0 Å². The van der Waals surface area contributed by atoms with Crippen molar-refractivity contribution in [3.8, 4) is 0 Å². The molecule has 2 aromatic carbocycles. The molecule has 1 nitrogen and oxygen atoms in total. The fourth-order valence-electron chi connectivity index (χ4n) is 5.44. The first-order chi connectivity index (χ1) is 16.8. The monoisotopic (exact) mass is 522 g/mol. The second-order valence-corrected chi connectivity index (χ2v) is 11.0. The summed E-state index contributed by atoms with van der Waals surface area (Å²) in [6.45, 7) is 4.42. The van der Waals surface area contributed by atoms with Gasteiger partial charge in [0.25, 0.3) is 0 Å². The maximum Gasteiger partial charge on any atom is 0.142 e. The zero-order chi connectivity index (χ0) is 25.4. The van der Waals surface area contributed by atoms with Crippen molar-refractivity contribution in [1.82, 2.24) is 0 Å². The summed E-state index contributed by atoms with van der Waals surface area (Å²) >= 11 is 11.4. The third kappa shape index (κ3) is 7.78. The Morgan fingerprint density at radius 1 is 0.857 bits per heavy atom. The van der Waals surface area contributed by atoms with Crippen molar-refractivity contribution in [1.29, 1.82) is 0 Å². The Bertz CT molecular complexity index is 996. The van der Waals surface area contributed by atoms with Crippen molar-refractivity contribution < 1.29 is 13.9 Å². The minimum Gasteiger partial charge on any atom is -0.385 e. The van der Waals surface area contributed by atoms with Gasteiger partial charge in [-0.3, -0.25) is 0 Å². The number of hydrogen-bond donors (Lipinski definition) is 1. The van der Waals surface area contributed by atoms with Crippen LogP contribution in [0.15, 0.2) is 42.5 Å². The first-order valence-corrected chi connectivity index (χ1v) is 13.8. The smallest absolute Gasteiger partial charge is 0.142 e. The van der Waals surface area contributed by atoms with Crippen LogP contribution in [0.5, 0.6) is 0 Å². The molecule has 1 unspecified atom stereocenters. The Hall–Kier alpha value is -1.42. The van der Waals surface area contributed by atoms with Crippen LogP contribution in [0.25, 0.3) is 5.57 Å². The predicted molar refractivity (Wildman–Crippen MR) is 144 cm³/mol. The van der Waals surface area contributed by atoms with E-state index >= 15 is 0 Å². The van der Waals surface area contributed by atoms with Crippen molar-refractivity contribution in [2.24, 2.45) is 11.8 Å². The molecule has 1 atom stereocenters. The lowest BCUT2D eigenvalue weighted by Gasteiger charge is -2.36. The molecule has 0 saturated heterocycles. The van der Waals surface area contributed by atoms with Gasteiger partial charge in [0, 0.05) is 0 Å². The number of allylic oxidation sites excluding steroid dienone is 2. The molecule has 0 bridgehead atoms. The SMILES string of the molecule is CCCC1CC=C(c2ccc(Cl)c(F)c2)CC1.CCCC1CCC(O)(c2ccc(Cl)c(F)c2)CC1. The Labute approximate surface area is 219 Å². The van der Waals surface area contributed by atoms with E-state index in [9.17, 15) is 13.9 Å². The van der Waals surface area contributed by atoms with Gasteiger partial charge in [-0.2, -0.15) is 0 Å². The average Bonchev–Trinajstić information content (AvgIpc) is 2.85. The van der Waals surface area contributed by atoms with E-state index in [-0.39, 0.29) is 15.9 Å². The highest BCUT2D eigenvalue weighted by atomic mass is 35.5. The van der Waals surface area contributed by atoms with Gasteiger partial charge in [0.15, 0.2) is 0 Å². The molecule has 0 spiro atoms. The molecule has 2 aromatic rings. The molecular formula is C30H38Cl2F2O. The molecule has 2 aliphatic rings. The van der Waals surface area contributed by atoms with E-state index < -0.39 is 11.4 Å². The van der Waals surface area contributed by atoms with Crippen LogP contribution in [-0.2, 0) is 5.60 Å². The third-order valence-corrected chi connectivity index (χ3v) is 8.21. The third-order valence-electron chi connectivity index (χ3n) is 7.59. The van der Waals surface area contributed by atoms with Gasteiger partial charge in [-0.15, -0.1) is 0 Å². The van der Waals surface area contributed by atoms with E-state index in [1.807, 2.05) is 6.07 Å². The summed E-state index contributed by atoms with van der Waals surface area (Å²) in [6, 6.07) is 9.76. The summed E-state index contributed by atoms with van der Waals surface area (Å²) in [4.78, 5) is 0. The Morgan fingerprint density at radius 2 is 1.46 bits per heavy atom. The van der Waals surface area contributed by atoms with Crippen molar-refractivity contribution in [3.63, 3.8) is 0 Å². The largest absolute Gasteiger partial charge is 0.385 e. The molecule has 0 heterocycles. The van der Waals surface area contributed by atoms with Gasteiger partial charge in [-0.05, 0) is 97.7 Å². The molecule has 4 rings (SSSR count). The summed E-state index contributed by atoms with van der Waals surface area (Å²) in [6.07, 6.45) is 14.2. The van der Waals surface area contributed by atoms with Gasteiger partial charge in [0.2, 0.25) is 0 Å². The van der Waals surface area contributed by atoms with Crippen LogP contribution >= 0.6 is 23.2 Å². The molecule has 5 heteroatoms. The number of aliphatic hydroxyl groups is 1. The molecule has 1 saturated carbocycles. The predicted octanol–water partition coefficient (Wildman–Crippen LogP) is 10.1. The topological polar surface area (TPSA) is 20.2 Å². The van der Waals surface area contributed by atoms with Crippen molar-refractivity contribution in [2.75, 3.05) is 0 Å². The first-order valence-electron chi connectivity index (χ1n) is 13.1. The van der Waals surface area contributed by atoms with E-state index in [1.54, 1.807) is 18.2 Å². The molecule has 0 aliphatic heterocycles. The second kappa shape index (κ2) is 13.2. The highest BCUT2D eigenvalue weighted by Gasteiger charge is 2.34. The number of benzene rings is 2. The van der Waals surface area contributed by atoms with E-state index in [2.05, 4.69) is 19.9 Å². The Balaban J connectivity index is 0.000000196. The van der Waals surface area contributed by atoms with Gasteiger partial charge in [0.1, 0.15) is 11.6 Å². The summed E-state index contributed by atoms with van der Waals surface area (Å²) in [5.41, 5.74) is 2.06. The van der Waals surface area contributed by atoms with E-state index in [0.29, 0.717) is 11.5 Å². The van der Waals surface area contributed by atoms with Crippen molar-refractivity contribution in [3.05, 3.63) is 75.3 Å². The average molecular weight is 524 g/mol. The summed E-state index contributed by atoms with van der Waals surface area (Å²) < 4.78 is 26.8.